The van der Waals surface area contributed by atoms with Crippen molar-refractivity contribution < 1.29 is 9.47 Å². The van der Waals surface area contributed by atoms with E-state index in [2.05, 4.69) is 13.0 Å². The minimum atomic E-state index is 0.376. The minimum absolute atomic E-state index is 0.376. The zero-order valence-corrected chi connectivity index (χ0v) is 9.51. The topological polar surface area (TPSA) is 18.5 Å². The second-order valence-electron chi connectivity index (χ2n) is 3.32. The highest BCUT2D eigenvalue weighted by Gasteiger charge is 2.17. The normalized spacial score (nSPS) is 21.2. The van der Waals surface area contributed by atoms with E-state index in [1.807, 2.05) is 6.08 Å². The summed E-state index contributed by atoms with van der Waals surface area (Å²) < 4.78 is 10.8. The van der Waals surface area contributed by atoms with Gasteiger partial charge in [0.25, 0.3) is 0 Å². The lowest BCUT2D eigenvalue weighted by Crippen LogP contribution is -2.10. The van der Waals surface area contributed by atoms with Crippen LogP contribution in [0.3, 0.4) is 0 Å². The van der Waals surface area contributed by atoms with E-state index in [0.29, 0.717) is 11.8 Å². The Balaban J connectivity index is 2.61. The van der Waals surface area contributed by atoms with Gasteiger partial charge in [0.1, 0.15) is 5.76 Å². The van der Waals surface area contributed by atoms with Crippen molar-refractivity contribution in [2.75, 3.05) is 19.6 Å². The van der Waals surface area contributed by atoms with Crippen LogP contribution in [0.5, 0.6) is 0 Å². The monoisotopic (exact) mass is 216 g/mol. The van der Waals surface area contributed by atoms with Crippen molar-refractivity contribution in [1.82, 2.24) is 0 Å². The molecule has 1 atom stereocenters. The first-order valence-corrected chi connectivity index (χ1v) is 5.49. The summed E-state index contributed by atoms with van der Waals surface area (Å²) in [6.07, 6.45) is 5.90. The van der Waals surface area contributed by atoms with E-state index in [1.165, 1.54) is 0 Å². The van der Waals surface area contributed by atoms with Crippen LogP contribution in [0.2, 0.25) is 0 Å². The van der Waals surface area contributed by atoms with E-state index < -0.39 is 0 Å². The molecule has 0 amide bonds. The molecular weight excluding hydrogens is 200 g/mol. The zero-order chi connectivity index (χ0) is 10.4. The molecular formula is C11H17ClO2. The molecule has 0 saturated carbocycles. The number of halogens is 1. The number of rotatable bonds is 5. The third-order valence-corrected chi connectivity index (χ3v) is 2.54. The second-order valence-corrected chi connectivity index (χ2v) is 3.63. The largest absolute Gasteiger partial charge is 0.497 e. The van der Waals surface area contributed by atoms with Gasteiger partial charge in [0.2, 0.25) is 0 Å². The molecule has 1 rings (SSSR count). The van der Waals surface area contributed by atoms with Gasteiger partial charge in [-0.1, -0.05) is 13.0 Å². The molecule has 0 saturated heterocycles. The molecule has 0 aliphatic heterocycles. The van der Waals surface area contributed by atoms with Gasteiger partial charge in [0, 0.05) is 12.3 Å². The van der Waals surface area contributed by atoms with Crippen molar-refractivity contribution in [2.24, 2.45) is 5.92 Å². The quantitative estimate of drug-likeness (QED) is 0.658. The molecule has 0 bridgehead atoms. The van der Waals surface area contributed by atoms with Crippen LogP contribution < -0.4 is 0 Å². The number of hydrogen-bond acceptors (Lipinski definition) is 2. The van der Waals surface area contributed by atoms with Gasteiger partial charge >= 0.3 is 0 Å². The van der Waals surface area contributed by atoms with E-state index in [4.69, 9.17) is 21.1 Å². The van der Waals surface area contributed by atoms with Crippen molar-refractivity contribution in [1.29, 1.82) is 0 Å². The minimum Gasteiger partial charge on any atom is -0.497 e. The first-order chi connectivity index (χ1) is 6.81. The predicted octanol–water partition coefficient (Wildman–Crippen LogP) is 3.09. The number of allylic oxidation sites excluding steroid dienone is 3. The van der Waals surface area contributed by atoms with E-state index in [9.17, 15) is 0 Å². The zero-order valence-electron chi connectivity index (χ0n) is 8.75. The van der Waals surface area contributed by atoms with E-state index in [-0.39, 0.29) is 0 Å². The van der Waals surface area contributed by atoms with E-state index >= 15 is 0 Å². The molecule has 1 aliphatic carbocycles. The van der Waals surface area contributed by atoms with E-state index in [1.54, 1.807) is 7.11 Å². The molecule has 0 heterocycles. The summed E-state index contributed by atoms with van der Waals surface area (Å²) >= 11 is 5.78. The molecule has 80 valence electrons. The highest BCUT2D eigenvalue weighted by molar-refractivity contribution is 6.18. The molecule has 14 heavy (non-hydrogen) atoms. The van der Waals surface area contributed by atoms with Crippen molar-refractivity contribution >= 4 is 11.6 Å². The Bertz CT molecular complexity index is 233. The van der Waals surface area contributed by atoms with Crippen LogP contribution in [0.4, 0.5) is 0 Å². The molecule has 1 aliphatic rings. The molecule has 0 radical (unpaired) electrons. The predicted molar refractivity (Wildman–Crippen MR) is 58.2 cm³/mol. The Labute approximate surface area is 90.5 Å². The fraction of sp³-hybridized carbons (Fsp3) is 0.636. The van der Waals surface area contributed by atoms with Crippen LogP contribution >= 0.6 is 11.6 Å². The summed E-state index contributed by atoms with van der Waals surface area (Å²) in [5.74, 6) is 2.77. The maximum atomic E-state index is 5.78. The Morgan fingerprint density at radius 3 is 2.93 bits per heavy atom. The number of methoxy groups -OCH3 is 1. The standard InChI is InChI=1S/C11H17ClO2/c1-3-6-14-10-5-4-9(8-12)7-11(10)13-2/h4-5,9H,3,6-8H2,1-2H3. The molecule has 3 heteroatoms. The molecule has 0 fully saturated rings. The van der Waals surface area contributed by atoms with Crippen molar-refractivity contribution in [2.45, 2.75) is 19.8 Å². The van der Waals surface area contributed by atoms with Crippen molar-refractivity contribution in [3.63, 3.8) is 0 Å². The summed E-state index contributed by atoms with van der Waals surface area (Å²) in [5.41, 5.74) is 0. The Morgan fingerprint density at radius 2 is 2.36 bits per heavy atom. The first kappa shape index (κ1) is 11.4. The SMILES string of the molecule is CCCOC1=C(OC)CC(CCl)C=C1. The van der Waals surface area contributed by atoms with Gasteiger partial charge in [-0.15, -0.1) is 11.6 Å². The summed E-state index contributed by atoms with van der Waals surface area (Å²) in [4.78, 5) is 0. The van der Waals surface area contributed by atoms with Crippen molar-refractivity contribution in [3.8, 4) is 0 Å². The van der Waals surface area contributed by atoms with Gasteiger partial charge in [-0.3, -0.25) is 0 Å². The molecule has 0 aromatic rings. The number of alkyl halides is 1. The average molecular weight is 217 g/mol. The lowest BCUT2D eigenvalue weighted by molar-refractivity contribution is 0.176. The molecule has 0 aromatic carbocycles. The fourth-order valence-electron chi connectivity index (χ4n) is 1.35. The number of ether oxygens (including phenoxy) is 2. The molecule has 1 unspecified atom stereocenters. The van der Waals surface area contributed by atoms with Gasteiger partial charge < -0.3 is 9.47 Å². The van der Waals surface area contributed by atoms with Crippen LogP contribution in [0.1, 0.15) is 19.8 Å². The summed E-state index contributed by atoms with van der Waals surface area (Å²) in [6.45, 7) is 2.82. The fourth-order valence-corrected chi connectivity index (χ4v) is 1.57. The van der Waals surface area contributed by atoms with Crippen LogP contribution in [0, 0.1) is 5.92 Å². The molecule has 0 N–H and O–H groups in total. The van der Waals surface area contributed by atoms with Crippen LogP contribution in [-0.4, -0.2) is 19.6 Å². The molecule has 0 spiro atoms. The molecule has 0 aromatic heterocycles. The number of hydrogen-bond donors (Lipinski definition) is 0. The van der Waals surface area contributed by atoms with Gasteiger partial charge in [-0.25, -0.2) is 0 Å². The van der Waals surface area contributed by atoms with Gasteiger partial charge in [0.15, 0.2) is 5.76 Å². The summed E-state index contributed by atoms with van der Waals surface area (Å²) in [7, 11) is 1.68. The van der Waals surface area contributed by atoms with Gasteiger partial charge in [-0.2, -0.15) is 0 Å². The lowest BCUT2D eigenvalue weighted by atomic mass is 10.0. The maximum Gasteiger partial charge on any atom is 0.156 e. The Kier molecular flexibility index (Phi) is 4.88. The highest BCUT2D eigenvalue weighted by atomic mass is 35.5. The van der Waals surface area contributed by atoms with Crippen LogP contribution in [0.25, 0.3) is 0 Å². The Morgan fingerprint density at radius 1 is 1.57 bits per heavy atom. The Hall–Kier alpha value is -0.630. The molecule has 2 nitrogen and oxygen atoms in total. The van der Waals surface area contributed by atoms with Gasteiger partial charge in [-0.05, 0) is 18.4 Å². The van der Waals surface area contributed by atoms with E-state index in [0.717, 1.165) is 31.0 Å². The first-order valence-electron chi connectivity index (χ1n) is 4.95. The summed E-state index contributed by atoms with van der Waals surface area (Å²) in [5, 5.41) is 0. The third kappa shape index (κ3) is 2.95. The lowest BCUT2D eigenvalue weighted by Gasteiger charge is -2.19. The summed E-state index contributed by atoms with van der Waals surface area (Å²) in [6, 6.07) is 0. The van der Waals surface area contributed by atoms with Gasteiger partial charge in [0.05, 0.1) is 13.7 Å². The smallest absolute Gasteiger partial charge is 0.156 e. The van der Waals surface area contributed by atoms with Crippen LogP contribution in [0.15, 0.2) is 23.7 Å². The average Bonchev–Trinajstić information content (AvgIpc) is 2.26. The maximum absolute atomic E-state index is 5.78. The second kappa shape index (κ2) is 5.97. The third-order valence-electron chi connectivity index (χ3n) is 2.15. The van der Waals surface area contributed by atoms with Crippen molar-refractivity contribution in [3.05, 3.63) is 23.7 Å². The van der Waals surface area contributed by atoms with Crippen LogP contribution in [-0.2, 0) is 9.47 Å². The highest BCUT2D eigenvalue weighted by Crippen LogP contribution is 2.25.